The Balaban J connectivity index is 2.92. The topological polar surface area (TPSA) is 12.9 Å². The average Bonchev–Trinajstić information content (AvgIpc) is 2.42. The molecule has 10 heteroatoms. The number of halogens is 9. The van der Waals surface area contributed by atoms with Gasteiger partial charge in [0.2, 0.25) is 0 Å². The number of aromatic nitrogens is 1. The van der Waals surface area contributed by atoms with Gasteiger partial charge in [0, 0.05) is 17.3 Å². The first-order valence-corrected chi connectivity index (χ1v) is 7.57. The minimum Gasteiger partial charge on any atom is -0.244 e. The molecule has 22 heavy (non-hydrogen) atoms. The van der Waals surface area contributed by atoms with Crippen LogP contribution in [0.5, 0.6) is 0 Å². The van der Waals surface area contributed by atoms with Crippen molar-refractivity contribution in [3.05, 3.63) is 48.1 Å². The Kier molecular flexibility index (Phi) is 5.32. The SMILES string of the molecule is FC(F)(F)c1cnc(Cl)cc1-c1c(Cl)c(Cl)c(Cl)c(Cl)c1Cl. The highest BCUT2D eigenvalue weighted by molar-refractivity contribution is 6.56. The molecule has 0 radical (unpaired) electrons. The zero-order valence-electron chi connectivity index (χ0n) is 10.0. The van der Waals surface area contributed by atoms with Gasteiger partial charge in [0.1, 0.15) is 5.15 Å². The Morgan fingerprint density at radius 2 is 1.23 bits per heavy atom. The van der Waals surface area contributed by atoms with Gasteiger partial charge < -0.3 is 0 Å². The summed E-state index contributed by atoms with van der Waals surface area (Å²) < 4.78 is 39.4. The normalized spacial score (nSPS) is 11.9. The second-order valence-corrected chi connectivity index (χ2v) is 6.27. The summed E-state index contributed by atoms with van der Waals surface area (Å²) >= 11 is 35.2. The highest BCUT2D eigenvalue weighted by Gasteiger charge is 2.36. The van der Waals surface area contributed by atoms with Crippen LogP contribution in [0.25, 0.3) is 11.1 Å². The standard InChI is InChI=1S/C12H2Cl6F3N/c13-5-1-3(4(2-22-5)12(19,20)21)6-7(14)9(16)11(18)10(17)8(6)15/h1-2H. The molecule has 1 aromatic heterocycles. The largest absolute Gasteiger partial charge is 0.418 e. The molecule has 0 saturated heterocycles. The van der Waals surface area contributed by atoms with Gasteiger partial charge in [-0.1, -0.05) is 69.6 Å². The van der Waals surface area contributed by atoms with E-state index in [9.17, 15) is 13.2 Å². The van der Waals surface area contributed by atoms with Crippen LogP contribution in [0.4, 0.5) is 13.2 Å². The number of rotatable bonds is 1. The van der Waals surface area contributed by atoms with E-state index in [4.69, 9.17) is 69.6 Å². The first-order valence-electron chi connectivity index (χ1n) is 5.30. The smallest absolute Gasteiger partial charge is 0.244 e. The molecular formula is C12H2Cl6F3N. The lowest BCUT2D eigenvalue weighted by atomic mass is 10.0. The van der Waals surface area contributed by atoms with Crippen LogP contribution < -0.4 is 0 Å². The van der Waals surface area contributed by atoms with E-state index < -0.39 is 17.3 Å². The van der Waals surface area contributed by atoms with Crippen LogP contribution in [0.3, 0.4) is 0 Å². The van der Waals surface area contributed by atoms with Crippen LogP contribution >= 0.6 is 69.6 Å². The fourth-order valence-corrected chi connectivity index (χ4v) is 3.20. The van der Waals surface area contributed by atoms with Crippen molar-refractivity contribution in [3.63, 3.8) is 0 Å². The summed E-state index contributed by atoms with van der Waals surface area (Å²) in [6.45, 7) is 0. The Hall–Kier alpha value is -0.100. The summed E-state index contributed by atoms with van der Waals surface area (Å²) in [5, 5.41) is -1.31. The second kappa shape index (κ2) is 6.42. The second-order valence-electron chi connectivity index (χ2n) is 4.00. The number of alkyl halides is 3. The van der Waals surface area contributed by atoms with Gasteiger partial charge >= 0.3 is 6.18 Å². The van der Waals surface area contributed by atoms with Crippen molar-refractivity contribution < 1.29 is 13.2 Å². The Labute approximate surface area is 152 Å². The maximum absolute atomic E-state index is 13.1. The van der Waals surface area contributed by atoms with E-state index in [1.165, 1.54) is 0 Å². The van der Waals surface area contributed by atoms with E-state index in [1.54, 1.807) is 0 Å². The molecule has 0 aliphatic rings. The molecule has 0 atom stereocenters. The van der Waals surface area contributed by atoms with Crippen molar-refractivity contribution in [2.75, 3.05) is 0 Å². The van der Waals surface area contributed by atoms with Crippen molar-refractivity contribution in [1.29, 1.82) is 0 Å². The third-order valence-electron chi connectivity index (χ3n) is 2.66. The lowest BCUT2D eigenvalue weighted by molar-refractivity contribution is -0.137. The Bertz CT molecular complexity index is 730. The fraction of sp³-hybridized carbons (Fsp3) is 0.0833. The van der Waals surface area contributed by atoms with Gasteiger partial charge in [0.25, 0.3) is 0 Å². The van der Waals surface area contributed by atoms with E-state index in [0.717, 1.165) is 6.07 Å². The van der Waals surface area contributed by atoms with E-state index in [0.29, 0.717) is 6.20 Å². The number of nitrogens with zero attached hydrogens (tertiary/aromatic N) is 1. The molecule has 1 nitrogen and oxygen atoms in total. The molecule has 1 heterocycles. The van der Waals surface area contributed by atoms with Crippen molar-refractivity contribution in [2.45, 2.75) is 6.18 Å². The van der Waals surface area contributed by atoms with E-state index in [2.05, 4.69) is 4.98 Å². The molecule has 0 N–H and O–H groups in total. The minimum atomic E-state index is -4.71. The van der Waals surface area contributed by atoms with Gasteiger partial charge in [-0.15, -0.1) is 0 Å². The summed E-state index contributed by atoms with van der Waals surface area (Å²) in [6, 6.07) is 0.970. The first kappa shape index (κ1) is 18.2. The van der Waals surface area contributed by atoms with E-state index in [-0.39, 0.29) is 35.8 Å². The van der Waals surface area contributed by atoms with Crippen LogP contribution in [0.1, 0.15) is 5.56 Å². The van der Waals surface area contributed by atoms with Gasteiger partial charge in [0.15, 0.2) is 0 Å². The lowest BCUT2D eigenvalue weighted by Gasteiger charge is -2.17. The van der Waals surface area contributed by atoms with Gasteiger partial charge in [0.05, 0.1) is 30.7 Å². The van der Waals surface area contributed by atoms with Gasteiger partial charge in [-0.3, -0.25) is 0 Å². The zero-order chi connectivity index (χ0) is 16.8. The van der Waals surface area contributed by atoms with Crippen LogP contribution in [-0.4, -0.2) is 4.98 Å². The Morgan fingerprint density at radius 1 is 0.773 bits per heavy atom. The molecular weight excluding hydrogens is 428 g/mol. The summed E-state index contributed by atoms with van der Waals surface area (Å²) in [4.78, 5) is 3.42. The molecule has 0 aliphatic carbocycles. The van der Waals surface area contributed by atoms with E-state index in [1.807, 2.05) is 0 Å². The fourth-order valence-electron chi connectivity index (χ4n) is 1.70. The van der Waals surface area contributed by atoms with Crippen molar-refractivity contribution >= 4 is 69.6 Å². The number of hydrogen-bond acceptors (Lipinski definition) is 1. The molecule has 1 aromatic carbocycles. The van der Waals surface area contributed by atoms with E-state index >= 15 is 0 Å². The monoisotopic (exact) mass is 427 g/mol. The average molecular weight is 430 g/mol. The predicted octanol–water partition coefficient (Wildman–Crippen LogP) is 7.69. The molecule has 0 saturated carbocycles. The third kappa shape index (κ3) is 3.23. The third-order valence-corrected chi connectivity index (χ3v) is 5.14. The molecule has 0 amide bonds. The van der Waals surface area contributed by atoms with Crippen molar-refractivity contribution in [2.24, 2.45) is 0 Å². The quantitative estimate of drug-likeness (QED) is 0.257. The van der Waals surface area contributed by atoms with Crippen molar-refractivity contribution in [1.82, 2.24) is 4.98 Å². The molecule has 118 valence electrons. The van der Waals surface area contributed by atoms with Gasteiger partial charge in [-0.2, -0.15) is 13.2 Å². The molecule has 0 fully saturated rings. The number of hydrogen-bond donors (Lipinski definition) is 0. The highest BCUT2D eigenvalue weighted by atomic mass is 35.5. The number of benzene rings is 1. The van der Waals surface area contributed by atoms with Crippen LogP contribution in [0, 0.1) is 0 Å². The Morgan fingerprint density at radius 3 is 1.68 bits per heavy atom. The summed E-state index contributed by atoms with van der Waals surface area (Å²) in [5.41, 5.74) is -1.71. The highest BCUT2D eigenvalue weighted by Crippen LogP contribution is 2.50. The first-order chi connectivity index (χ1) is 10.1. The molecule has 0 unspecified atom stereocenters. The number of pyridine rings is 1. The molecule has 2 aromatic rings. The van der Waals surface area contributed by atoms with Gasteiger partial charge in [-0.25, -0.2) is 4.98 Å². The van der Waals surface area contributed by atoms with Gasteiger partial charge in [-0.05, 0) is 6.07 Å². The van der Waals surface area contributed by atoms with Crippen LogP contribution in [0.2, 0.25) is 30.3 Å². The summed E-state index contributed by atoms with van der Waals surface area (Å²) in [7, 11) is 0. The minimum absolute atomic E-state index is 0.157. The molecule has 0 bridgehead atoms. The van der Waals surface area contributed by atoms with Crippen LogP contribution in [-0.2, 0) is 6.18 Å². The molecule has 0 spiro atoms. The summed E-state index contributed by atoms with van der Waals surface area (Å²) in [5.74, 6) is 0. The summed E-state index contributed by atoms with van der Waals surface area (Å²) in [6.07, 6.45) is -4.14. The van der Waals surface area contributed by atoms with Crippen molar-refractivity contribution in [3.8, 4) is 11.1 Å². The maximum atomic E-state index is 13.1. The predicted molar refractivity (Wildman–Crippen MR) is 84.7 cm³/mol. The molecule has 0 aliphatic heterocycles. The van der Waals surface area contributed by atoms with Crippen LogP contribution in [0.15, 0.2) is 12.3 Å². The maximum Gasteiger partial charge on any atom is 0.418 e. The lowest BCUT2D eigenvalue weighted by Crippen LogP contribution is -2.08. The molecule has 2 rings (SSSR count). The zero-order valence-corrected chi connectivity index (χ0v) is 14.5.